The van der Waals surface area contributed by atoms with Gasteiger partial charge in [0.2, 0.25) is 0 Å². The zero-order valence-electron chi connectivity index (χ0n) is 18.4. The Labute approximate surface area is 200 Å². The zero-order chi connectivity index (χ0) is 24.5. The fourth-order valence-corrected chi connectivity index (χ4v) is 4.26. The van der Waals surface area contributed by atoms with Crippen molar-refractivity contribution in [3.63, 3.8) is 0 Å². The topological polar surface area (TPSA) is 75.4 Å². The largest absolute Gasteiger partial charge is 0.416 e. The fraction of sp³-hybridized carbons (Fsp3) is 0.292. The maximum absolute atomic E-state index is 13.7. The van der Waals surface area contributed by atoms with Crippen molar-refractivity contribution in [2.24, 2.45) is 0 Å². The third-order valence-electron chi connectivity index (χ3n) is 5.87. The molecular formula is C24H23ClF3N5O. The van der Waals surface area contributed by atoms with E-state index in [2.05, 4.69) is 9.97 Å². The highest BCUT2D eigenvalue weighted by Crippen LogP contribution is 2.35. The van der Waals surface area contributed by atoms with Gasteiger partial charge in [-0.2, -0.15) is 13.2 Å². The number of nitrogens with zero attached hydrogens (tertiary/aromatic N) is 4. The lowest BCUT2D eigenvalue weighted by atomic mass is 10.0. The molecule has 10 heteroatoms. The van der Waals surface area contributed by atoms with Gasteiger partial charge in [0.15, 0.2) is 0 Å². The van der Waals surface area contributed by atoms with Gasteiger partial charge in [0.1, 0.15) is 5.69 Å². The molecule has 3 aromatic rings. The van der Waals surface area contributed by atoms with Crippen LogP contribution in [0.5, 0.6) is 0 Å². The number of amides is 1. The second kappa shape index (κ2) is 9.50. The van der Waals surface area contributed by atoms with Crippen molar-refractivity contribution in [2.45, 2.75) is 32.1 Å². The number of aryl methyl sites for hydroxylation is 1. The molecule has 1 aliphatic rings. The Bertz CT molecular complexity index is 1190. The average Bonchev–Trinajstić information content (AvgIpc) is 3.29. The van der Waals surface area contributed by atoms with Gasteiger partial charge in [-0.25, -0.2) is 4.98 Å². The van der Waals surface area contributed by atoms with Crippen LogP contribution in [-0.4, -0.2) is 39.9 Å². The summed E-state index contributed by atoms with van der Waals surface area (Å²) in [5.41, 5.74) is 7.23. The molecule has 2 N–H and O–H groups in total. The normalized spacial score (nSPS) is 16.0. The molecule has 34 heavy (non-hydrogen) atoms. The summed E-state index contributed by atoms with van der Waals surface area (Å²) < 4.78 is 41.0. The first-order valence-electron chi connectivity index (χ1n) is 10.7. The summed E-state index contributed by atoms with van der Waals surface area (Å²) in [6.07, 6.45) is -0.955. The van der Waals surface area contributed by atoms with Gasteiger partial charge in [-0.15, -0.1) is 0 Å². The number of carbonyl (C=O) groups is 1. The fourth-order valence-electron chi connectivity index (χ4n) is 4.09. The van der Waals surface area contributed by atoms with Gasteiger partial charge >= 0.3 is 6.18 Å². The standard InChI is InChI=1S/C24H23ClF3N5O/c1-15-11-31-22(12-30-15)23(34)32-9-8-18(14-32)33(17-6-7-21(29)20(25)10-17)13-16-4-2-3-5-19(16)24(26,27)28/h2-7,10-12,18H,8-9,13-14,29H2,1H3/t18-/m0/s1. The minimum atomic E-state index is -4.48. The Morgan fingerprint density at radius 3 is 2.65 bits per heavy atom. The molecule has 6 nitrogen and oxygen atoms in total. The number of nitrogen functional groups attached to an aromatic ring is 1. The molecule has 0 radical (unpaired) electrons. The summed E-state index contributed by atoms with van der Waals surface area (Å²) in [4.78, 5) is 24.7. The first-order chi connectivity index (χ1) is 16.1. The molecule has 1 aliphatic heterocycles. The average molecular weight is 490 g/mol. The van der Waals surface area contributed by atoms with Crippen molar-refractivity contribution in [2.75, 3.05) is 23.7 Å². The first kappa shape index (κ1) is 23.8. The lowest BCUT2D eigenvalue weighted by molar-refractivity contribution is -0.138. The molecule has 0 bridgehead atoms. The number of anilines is 2. The Morgan fingerprint density at radius 1 is 1.21 bits per heavy atom. The van der Waals surface area contributed by atoms with E-state index in [0.29, 0.717) is 41.6 Å². The summed E-state index contributed by atoms with van der Waals surface area (Å²) >= 11 is 6.23. The summed E-state index contributed by atoms with van der Waals surface area (Å²) in [7, 11) is 0. The van der Waals surface area contributed by atoms with Crippen LogP contribution in [-0.2, 0) is 12.7 Å². The molecule has 2 heterocycles. The first-order valence-corrected chi connectivity index (χ1v) is 11.1. The van der Waals surface area contributed by atoms with Crippen molar-refractivity contribution in [1.29, 1.82) is 0 Å². The molecule has 1 aromatic heterocycles. The van der Waals surface area contributed by atoms with Crippen LogP contribution in [0.4, 0.5) is 24.5 Å². The highest BCUT2D eigenvalue weighted by Gasteiger charge is 2.36. The van der Waals surface area contributed by atoms with Crippen LogP contribution in [0.1, 0.15) is 33.7 Å². The van der Waals surface area contributed by atoms with E-state index in [9.17, 15) is 18.0 Å². The third kappa shape index (κ3) is 5.09. The monoisotopic (exact) mass is 489 g/mol. The van der Waals surface area contributed by atoms with E-state index in [0.717, 1.165) is 6.07 Å². The van der Waals surface area contributed by atoms with Gasteiger partial charge < -0.3 is 15.5 Å². The molecule has 2 aromatic carbocycles. The minimum Gasteiger partial charge on any atom is -0.398 e. The van der Waals surface area contributed by atoms with Crippen LogP contribution in [0.2, 0.25) is 5.02 Å². The smallest absolute Gasteiger partial charge is 0.398 e. The van der Waals surface area contributed by atoms with E-state index in [1.165, 1.54) is 24.5 Å². The Kier molecular flexibility index (Phi) is 6.65. The summed E-state index contributed by atoms with van der Waals surface area (Å²) in [5, 5.41) is 0.312. The van der Waals surface area contributed by atoms with E-state index in [-0.39, 0.29) is 29.8 Å². The van der Waals surface area contributed by atoms with Crippen molar-refractivity contribution < 1.29 is 18.0 Å². The predicted molar refractivity (Wildman–Crippen MR) is 125 cm³/mol. The van der Waals surface area contributed by atoms with E-state index in [1.54, 1.807) is 36.1 Å². The SMILES string of the molecule is Cc1cnc(C(=O)N2CC[C@H](N(Cc3ccccc3C(F)(F)F)c3ccc(N)c(Cl)c3)C2)cn1. The van der Waals surface area contributed by atoms with E-state index < -0.39 is 11.7 Å². The predicted octanol–water partition coefficient (Wildman–Crippen LogP) is 4.96. The second-order valence-corrected chi connectivity index (χ2v) is 8.63. The number of nitrogens with two attached hydrogens (primary N) is 1. The van der Waals surface area contributed by atoms with Crippen molar-refractivity contribution in [3.05, 3.63) is 82.4 Å². The molecule has 178 valence electrons. The zero-order valence-corrected chi connectivity index (χ0v) is 19.1. The summed E-state index contributed by atoms with van der Waals surface area (Å²) in [6, 6.07) is 10.3. The number of likely N-dealkylation sites (tertiary alicyclic amines) is 1. The maximum Gasteiger partial charge on any atom is 0.416 e. The number of rotatable bonds is 5. The van der Waals surface area contributed by atoms with Crippen molar-refractivity contribution >= 4 is 28.9 Å². The number of carbonyl (C=O) groups excluding carboxylic acids is 1. The Morgan fingerprint density at radius 2 is 1.97 bits per heavy atom. The van der Waals surface area contributed by atoms with E-state index in [1.807, 2.05) is 4.90 Å². The van der Waals surface area contributed by atoms with Gasteiger partial charge in [0.25, 0.3) is 5.91 Å². The van der Waals surface area contributed by atoms with Crippen molar-refractivity contribution in [1.82, 2.24) is 14.9 Å². The summed E-state index contributed by atoms with van der Waals surface area (Å²) in [6.45, 7) is 2.54. The van der Waals surface area contributed by atoms with Crippen LogP contribution in [0.15, 0.2) is 54.9 Å². The molecule has 1 fully saturated rings. The molecule has 0 spiro atoms. The molecule has 1 amide bonds. The molecule has 0 aliphatic carbocycles. The number of halogens is 4. The van der Waals surface area contributed by atoms with Gasteiger partial charge in [-0.1, -0.05) is 29.8 Å². The third-order valence-corrected chi connectivity index (χ3v) is 6.20. The molecule has 0 unspecified atom stereocenters. The number of aromatic nitrogens is 2. The summed E-state index contributed by atoms with van der Waals surface area (Å²) in [5.74, 6) is -0.263. The molecular weight excluding hydrogens is 467 g/mol. The lowest BCUT2D eigenvalue weighted by Gasteiger charge is -2.32. The second-order valence-electron chi connectivity index (χ2n) is 8.23. The van der Waals surface area contributed by atoms with Crippen LogP contribution < -0.4 is 10.6 Å². The number of hydrogen-bond donors (Lipinski definition) is 1. The van der Waals surface area contributed by atoms with Crippen LogP contribution in [0.3, 0.4) is 0 Å². The van der Waals surface area contributed by atoms with Crippen molar-refractivity contribution in [3.8, 4) is 0 Å². The molecule has 1 atom stereocenters. The maximum atomic E-state index is 13.7. The van der Waals surface area contributed by atoms with Crippen LogP contribution in [0.25, 0.3) is 0 Å². The minimum absolute atomic E-state index is 0.00698. The Balaban J connectivity index is 1.64. The lowest BCUT2D eigenvalue weighted by Crippen LogP contribution is -2.39. The van der Waals surface area contributed by atoms with Gasteiger partial charge in [-0.3, -0.25) is 9.78 Å². The number of alkyl halides is 3. The van der Waals surface area contributed by atoms with Gasteiger partial charge in [0.05, 0.1) is 28.2 Å². The quantitative estimate of drug-likeness (QED) is 0.513. The van der Waals surface area contributed by atoms with Gasteiger partial charge in [0, 0.05) is 37.6 Å². The van der Waals surface area contributed by atoms with Crippen LogP contribution in [0, 0.1) is 6.92 Å². The molecule has 4 rings (SSSR count). The Hall–Kier alpha value is -3.33. The van der Waals surface area contributed by atoms with E-state index >= 15 is 0 Å². The molecule has 1 saturated heterocycles. The van der Waals surface area contributed by atoms with Crippen LogP contribution >= 0.6 is 11.6 Å². The number of hydrogen-bond acceptors (Lipinski definition) is 5. The molecule has 0 saturated carbocycles. The highest BCUT2D eigenvalue weighted by molar-refractivity contribution is 6.33. The number of benzene rings is 2. The van der Waals surface area contributed by atoms with Gasteiger partial charge in [-0.05, 0) is 43.2 Å². The highest BCUT2D eigenvalue weighted by atomic mass is 35.5. The van der Waals surface area contributed by atoms with E-state index in [4.69, 9.17) is 17.3 Å².